The Hall–Kier alpha value is -1.69. The first-order chi connectivity index (χ1) is 9.15. The van der Waals surface area contributed by atoms with E-state index in [0.717, 1.165) is 43.3 Å². The van der Waals surface area contributed by atoms with Gasteiger partial charge in [0.2, 0.25) is 5.91 Å². The summed E-state index contributed by atoms with van der Waals surface area (Å²) in [5.41, 5.74) is 2.18. The molecule has 0 atom stereocenters. The van der Waals surface area contributed by atoms with Crippen LogP contribution in [-0.4, -0.2) is 59.5 Å². The summed E-state index contributed by atoms with van der Waals surface area (Å²) in [7, 11) is 0. The van der Waals surface area contributed by atoms with E-state index in [4.69, 9.17) is 0 Å². The number of hydrogen-bond acceptors (Lipinski definition) is 5. The number of anilines is 1. The molecule has 3 heterocycles. The van der Waals surface area contributed by atoms with Gasteiger partial charge in [-0.2, -0.15) is 0 Å². The molecule has 6 nitrogen and oxygen atoms in total. The molecule has 0 unspecified atom stereocenters. The summed E-state index contributed by atoms with van der Waals surface area (Å²) in [6, 6.07) is 0.473. The fraction of sp³-hybridized carbons (Fsp3) is 0.615. The third-order valence-electron chi connectivity index (χ3n) is 4.06. The molecular formula is C13H19N5O. The van der Waals surface area contributed by atoms with Gasteiger partial charge in [-0.15, -0.1) is 0 Å². The van der Waals surface area contributed by atoms with Crippen LogP contribution in [0, 0.1) is 13.8 Å². The highest BCUT2D eigenvalue weighted by Crippen LogP contribution is 2.25. The van der Waals surface area contributed by atoms with Gasteiger partial charge in [0.15, 0.2) is 0 Å². The van der Waals surface area contributed by atoms with Crippen molar-refractivity contribution in [2.24, 2.45) is 0 Å². The van der Waals surface area contributed by atoms with Gasteiger partial charge in [-0.3, -0.25) is 9.69 Å². The number of aromatic nitrogens is 2. The van der Waals surface area contributed by atoms with Gasteiger partial charge in [-0.25, -0.2) is 9.97 Å². The summed E-state index contributed by atoms with van der Waals surface area (Å²) in [6.07, 6.45) is 1.62. The molecule has 0 saturated carbocycles. The number of hydrogen-bond donors (Lipinski definition) is 1. The number of piperazine rings is 1. The predicted molar refractivity (Wildman–Crippen MR) is 72.1 cm³/mol. The Morgan fingerprint density at radius 2 is 2.11 bits per heavy atom. The average molecular weight is 261 g/mol. The molecule has 0 bridgehead atoms. The molecule has 2 aliphatic rings. The first-order valence-electron chi connectivity index (χ1n) is 6.69. The minimum atomic E-state index is 0.138. The summed E-state index contributed by atoms with van der Waals surface area (Å²) in [5, 5.41) is 2.86. The quantitative estimate of drug-likeness (QED) is 0.793. The van der Waals surface area contributed by atoms with Gasteiger partial charge >= 0.3 is 0 Å². The van der Waals surface area contributed by atoms with Gasteiger partial charge in [0.1, 0.15) is 12.1 Å². The van der Waals surface area contributed by atoms with Crippen LogP contribution >= 0.6 is 0 Å². The van der Waals surface area contributed by atoms with E-state index < -0.39 is 0 Å². The highest BCUT2D eigenvalue weighted by Gasteiger charge is 2.35. The summed E-state index contributed by atoms with van der Waals surface area (Å²) >= 11 is 0. The Labute approximate surface area is 112 Å². The van der Waals surface area contributed by atoms with Crippen molar-refractivity contribution in [3.05, 3.63) is 17.6 Å². The van der Waals surface area contributed by atoms with E-state index in [0.29, 0.717) is 12.6 Å². The molecule has 0 radical (unpaired) electrons. The van der Waals surface area contributed by atoms with Gasteiger partial charge < -0.3 is 10.2 Å². The fourth-order valence-electron chi connectivity index (χ4n) is 2.67. The second-order valence-corrected chi connectivity index (χ2v) is 5.29. The van der Waals surface area contributed by atoms with E-state index in [1.807, 2.05) is 6.92 Å². The van der Waals surface area contributed by atoms with Crippen LogP contribution in [-0.2, 0) is 4.79 Å². The summed E-state index contributed by atoms with van der Waals surface area (Å²) in [4.78, 5) is 24.5. The van der Waals surface area contributed by atoms with E-state index in [9.17, 15) is 4.79 Å². The molecular weight excluding hydrogens is 242 g/mol. The lowest BCUT2D eigenvalue weighted by molar-refractivity contribution is -0.125. The number of nitrogens with zero attached hydrogens (tertiary/aromatic N) is 4. The molecule has 102 valence electrons. The second-order valence-electron chi connectivity index (χ2n) is 5.29. The van der Waals surface area contributed by atoms with Gasteiger partial charge in [-0.05, 0) is 13.8 Å². The van der Waals surface area contributed by atoms with Crippen molar-refractivity contribution in [3.8, 4) is 0 Å². The Balaban J connectivity index is 1.63. The van der Waals surface area contributed by atoms with Crippen molar-refractivity contribution < 1.29 is 4.79 Å². The van der Waals surface area contributed by atoms with Crippen LogP contribution < -0.4 is 10.2 Å². The molecule has 3 rings (SSSR count). The van der Waals surface area contributed by atoms with Crippen LogP contribution in [0.25, 0.3) is 0 Å². The third kappa shape index (κ3) is 2.28. The zero-order valence-electron chi connectivity index (χ0n) is 11.4. The minimum absolute atomic E-state index is 0.138. The molecule has 1 amide bonds. The van der Waals surface area contributed by atoms with Crippen molar-refractivity contribution in [1.82, 2.24) is 20.2 Å². The molecule has 2 fully saturated rings. The van der Waals surface area contributed by atoms with E-state index in [2.05, 4.69) is 32.0 Å². The third-order valence-corrected chi connectivity index (χ3v) is 4.06. The van der Waals surface area contributed by atoms with E-state index in [-0.39, 0.29) is 5.91 Å². The topological polar surface area (TPSA) is 61.4 Å². The number of rotatable bonds is 2. The summed E-state index contributed by atoms with van der Waals surface area (Å²) in [6.45, 7) is 8.21. The molecule has 2 saturated heterocycles. The SMILES string of the molecule is Cc1ncnc(N2CC(N3CCNC(=O)C3)C2)c1C. The number of carbonyl (C=O) groups is 1. The lowest BCUT2D eigenvalue weighted by Crippen LogP contribution is -2.64. The van der Waals surface area contributed by atoms with Crippen molar-refractivity contribution in [2.45, 2.75) is 19.9 Å². The van der Waals surface area contributed by atoms with Crippen molar-refractivity contribution in [1.29, 1.82) is 0 Å². The lowest BCUT2D eigenvalue weighted by Gasteiger charge is -2.47. The van der Waals surface area contributed by atoms with Gasteiger partial charge in [0, 0.05) is 43.5 Å². The number of aryl methyl sites for hydroxylation is 1. The largest absolute Gasteiger partial charge is 0.354 e. The zero-order chi connectivity index (χ0) is 13.4. The molecule has 0 aliphatic carbocycles. The molecule has 1 N–H and O–H groups in total. The van der Waals surface area contributed by atoms with Gasteiger partial charge in [0.05, 0.1) is 6.54 Å². The minimum Gasteiger partial charge on any atom is -0.354 e. The molecule has 0 aromatic carbocycles. The molecule has 2 aliphatic heterocycles. The summed E-state index contributed by atoms with van der Waals surface area (Å²) < 4.78 is 0. The predicted octanol–water partition coefficient (Wildman–Crippen LogP) is -0.286. The average Bonchev–Trinajstić information content (AvgIpc) is 2.33. The van der Waals surface area contributed by atoms with Crippen LogP contribution in [0.3, 0.4) is 0 Å². The Morgan fingerprint density at radius 1 is 1.32 bits per heavy atom. The molecule has 19 heavy (non-hydrogen) atoms. The van der Waals surface area contributed by atoms with E-state index >= 15 is 0 Å². The highest BCUT2D eigenvalue weighted by molar-refractivity contribution is 5.78. The van der Waals surface area contributed by atoms with Gasteiger partial charge in [-0.1, -0.05) is 0 Å². The van der Waals surface area contributed by atoms with Crippen LogP contribution in [0.5, 0.6) is 0 Å². The lowest BCUT2D eigenvalue weighted by atomic mass is 10.0. The highest BCUT2D eigenvalue weighted by atomic mass is 16.2. The van der Waals surface area contributed by atoms with E-state index in [1.54, 1.807) is 6.33 Å². The number of nitrogens with one attached hydrogen (secondary N) is 1. The van der Waals surface area contributed by atoms with Crippen molar-refractivity contribution in [2.75, 3.05) is 37.6 Å². The first-order valence-corrected chi connectivity index (χ1v) is 6.69. The Morgan fingerprint density at radius 3 is 2.84 bits per heavy atom. The Kier molecular flexibility index (Phi) is 3.10. The fourth-order valence-corrected chi connectivity index (χ4v) is 2.67. The van der Waals surface area contributed by atoms with Crippen LogP contribution in [0.1, 0.15) is 11.3 Å². The standard InChI is InChI=1S/C13H19N5O/c1-9-10(2)15-8-16-13(9)18-5-11(6-18)17-4-3-14-12(19)7-17/h8,11H,3-7H2,1-2H3,(H,14,19). The van der Waals surface area contributed by atoms with Crippen LogP contribution in [0.15, 0.2) is 6.33 Å². The van der Waals surface area contributed by atoms with Crippen molar-refractivity contribution in [3.63, 3.8) is 0 Å². The first kappa shape index (κ1) is 12.3. The normalized spacial score (nSPS) is 21.2. The van der Waals surface area contributed by atoms with Crippen LogP contribution in [0.4, 0.5) is 5.82 Å². The zero-order valence-corrected chi connectivity index (χ0v) is 11.4. The van der Waals surface area contributed by atoms with Crippen LogP contribution in [0.2, 0.25) is 0 Å². The Bertz CT molecular complexity index is 498. The van der Waals surface area contributed by atoms with Crippen molar-refractivity contribution >= 4 is 11.7 Å². The molecule has 1 aromatic heterocycles. The maximum atomic E-state index is 11.4. The number of amides is 1. The second kappa shape index (κ2) is 4.77. The summed E-state index contributed by atoms with van der Waals surface area (Å²) in [5.74, 6) is 1.17. The molecule has 1 aromatic rings. The maximum Gasteiger partial charge on any atom is 0.234 e. The van der Waals surface area contributed by atoms with Gasteiger partial charge in [0.25, 0.3) is 0 Å². The molecule has 0 spiro atoms. The molecule has 6 heteroatoms. The monoisotopic (exact) mass is 261 g/mol. The van der Waals surface area contributed by atoms with E-state index in [1.165, 1.54) is 0 Å². The maximum absolute atomic E-state index is 11.4. The smallest absolute Gasteiger partial charge is 0.234 e. The number of carbonyl (C=O) groups excluding carboxylic acids is 1.